The van der Waals surface area contributed by atoms with Crippen LogP contribution >= 0.6 is 0 Å². The van der Waals surface area contributed by atoms with Gasteiger partial charge in [0.25, 0.3) is 0 Å². The van der Waals surface area contributed by atoms with Gasteiger partial charge in [0.15, 0.2) is 11.4 Å². The van der Waals surface area contributed by atoms with Gasteiger partial charge in [0, 0.05) is 37.5 Å². The van der Waals surface area contributed by atoms with E-state index in [2.05, 4.69) is 15.3 Å². The molecule has 0 radical (unpaired) electrons. The van der Waals surface area contributed by atoms with Crippen molar-refractivity contribution in [3.05, 3.63) is 121 Å². The second-order valence-electron chi connectivity index (χ2n) is 15.1. The number of hydrogen-bond donors (Lipinski definition) is 2. The van der Waals surface area contributed by atoms with Gasteiger partial charge in [-0.25, -0.2) is 19.6 Å². The second-order valence-corrected chi connectivity index (χ2v) is 15.1. The topological polar surface area (TPSA) is 233 Å². The van der Waals surface area contributed by atoms with Crippen molar-refractivity contribution in [2.45, 2.75) is 104 Å². The van der Waals surface area contributed by atoms with E-state index in [0.717, 1.165) is 19.6 Å². The van der Waals surface area contributed by atoms with E-state index in [1.165, 1.54) is 45.3 Å². The third-order valence-electron chi connectivity index (χ3n) is 10.4. The molecular weight excluding hydrogens is 843 g/mol. The van der Waals surface area contributed by atoms with Crippen molar-refractivity contribution in [3.8, 4) is 0 Å². The highest BCUT2D eigenvalue weighted by atomic mass is 16.6. The summed E-state index contributed by atoms with van der Waals surface area (Å²) in [4.78, 5) is 88.0. The van der Waals surface area contributed by atoms with Crippen molar-refractivity contribution < 1.29 is 66.4 Å². The Bertz CT molecular complexity index is 2190. The Morgan fingerprint density at radius 2 is 1.25 bits per heavy atom. The fraction of sp³-hybridized carbons (Fsp3) is 0.417. The Balaban J connectivity index is 2.03. The molecule has 7 atom stereocenters. The van der Waals surface area contributed by atoms with E-state index in [-0.39, 0.29) is 60.8 Å². The molecule has 2 N–H and O–H groups in total. The molecule has 1 aliphatic heterocycles. The predicted molar refractivity (Wildman–Crippen MR) is 238 cm³/mol. The fourth-order valence-corrected chi connectivity index (χ4v) is 6.32. The maximum atomic E-state index is 13.8. The summed E-state index contributed by atoms with van der Waals surface area (Å²) in [5.74, 6) is -4.56. The standard InChI is InChI=1S/C48H59N3O14/c1-9-22-35(52)47(5,45(57)59-7)37-24-18-14-12-16-20-27-41-51-34(31-62-41)44(56)65-38(25-19-15-13-17-21-26-40-50-33(30-61-40)43(55)64-37)48(6,46(58)60-8)36(23-10-2)63-42(54)29-28-39(53)49-32(4)11-3/h9-10,12-23,26-27,30-32,35-38,52H,11,24-25,28-29H2,1-8H3,(H,49,53)/t32-,35?,36?,37?,38?,47?,48?/m0/s1. The minimum absolute atomic E-state index is 0.0285. The highest BCUT2D eigenvalue weighted by molar-refractivity contribution is 5.89. The molecule has 2 aromatic heterocycles. The van der Waals surface area contributed by atoms with Crippen molar-refractivity contribution in [1.82, 2.24) is 15.3 Å². The lowest BCUT2D eigenvalue weighted by Gasteiger charge is -2.38. The highest BCUT2D eigenvalue weighted by Gasteiger charge is 2.52. The van der Waals surface area contributed by atoms with Gasteiger partial charge < -0.3 is 42.9 Å². The molecule has 6 unspecified atom stereocenters. The zero-order chi connectivity index (χ0) is 48.0. The van der Waals surface area contributed by atoms with Gasteiger partial charge in [-0.05, 0) is 47.1 Å². The molecule has 0 saturated heterocycles. The maximum absolute atomic E-state index is 13.8. The summed E-state index contributed by atoms with van der Waals surface area (Å²) in [5, 5.41) is 13.9. The highest BCUT2D eigenvalue weighted by Crippen LogP contribution is 2.37. The number of cyclic esters (lactones) is 2. The Labute approximate surface area is 378 Å². The average molecular weight is 902 g/mol. The molecule has 0 saturated carbocycles. The van der Waals surface area contributed by atoms with Crippen LogP contribution in [0, 0.1) is 10.8 Å². The van der Waals surface area contributed by atoms with Gasteiger partial charge in [-0.15, -0.1) is 0 Å². The number of carbonyl (C=O) groups excluding carboxylic acids is 6. The Hall–Kier alpha value is -6.88. The van der Waals surface area contributed by atoms with E-state index in [9.17, 15) is 33.9 Å². The van der Waals surface area contributed by atoms with Crippen LogP contribution in [0.4, 0.5) is 0 Å². The van der Waals surface area contributed by atoms with Crippen LogP contribution in [0.15, 0.2) is 106 Å². The van der Waals surface area contributed by atoms with Crippen LogP contribution in [0.1, 0.15) is 106 Å². The first kappa shape index (κ1) is 52.5. The Morgan fingerprint density at radius 1 is 0.769 bits per heavy atom. The molecule has 2 aromatic rings. The van der Waals surface area contributed by atoms with E-state index >= 15 is 0 Å². The largest absolute Gasteiger partial charge is 0.468 e. The summed E-state index contributed by atoms with van der Waals surface area (Å²) < 4.78 is 38.8. The molecule has 4 bridgehead atoms. The summed E-state index contributed by atoms with van der Waals surface area (Å²) in [6.45, 7) is 9.96. The van der Waals surface area contributed by atoms with Crippen LogP contribution in [0.3, 0.4) is 0 Å². The molecule has 1 amide bonds. The number of amides is 1. The zero-order valence-corrected chi connectivity index (χ0v) is 38.0. The predicted octanol–water partition coefficient (Wildman–Crippen LogP) is 6.94. The summed E-state index contributed by atoms with van der Waals surface area (Å²) >= 11 is 0. The van der Waals surface area contributed by atoms with Gasteiger partial charge in [0.05, 0.1) is 26.7 Å². The lowest BCUT2D eigenvalue weighted by molar-refractivity contribution is -0.176. The molecule has 0 aliphatic carbocycles. The first-order chi connectivity index (χ1) is 31.1. The summed E-state index contributed by atoms with van der Waals surface area (Å²) in [7, 11) is 2.32. The van der Waals surface area contributed by atoms with Crippen LogP contribution in [0.5, 0.6) is 0 Å². The number of esters is 5. The normalized spacial score (nSPS) is 19.6. The molecule has 0 aromatic carbocycles. The van der Waals surface area contributed by atoms with Crippen LogP contribution in [-0.4, -0.2) is 95.5 Å². The summed E-state index contributed by atoms with van der Waals surface area (Å²) in [5.41, 5.74) is -3.98. The first-order valence-electron chi connectivity index (χ1n) is 21.0. The Morgan fingerprint density at radius 3 is 1.72 bits per heavy atom. The summed E-state index contributed by atoms with van der Waals surface area (Å²) in [6.07, 6.45) is 22.1. The van der Waals surface area contributed by atoms with Gasteiger partial charge >= 0.3 is 29.8 Å². The molecule has 0 fully saturated rings. The van der Waals surface area contributed by atoms with E-state index in [0.29, 0.717) is 6.42 Å². The number of hydrogen-bond acceptors (Lipinski definition) is 16. The molecule has 65 heavy (non-hydrogen) atoms. The number of ether oxygens (including phenoxy) is 5. The number of allylic oxidation sites excluding steroid dienone is 10. The van der Waals surface area contributed by atoms with E-state index in [1.54, 1.807) is 86.8 Å². The van der Waals surface area contributed by atoms with Gasteiger partial charge in [-0.2, -0.15) is 0 Å². The van der Waals surface area contributed by atoms with Crippen molar-refractivity contribution >= 4 is 47.9 Å². The number of aromatic nitrogens is 2. The SMILES string of the molecule is CC=CC(O)C(C)(C(=O)OC)C1CC=CC=CC=Cc2nc(co2)C(=O)OC(C(C)(C(=O)OC)C(C=CC)OC(=O)CCC(=O)N[C@@H](C)CC)CC=CC=CC=Cc2nc(co2)C(=O)O1. The van der Waals surface area contributed by atoms with Gasteiger partial charge in [-0.3, -0.25) is 19.2 Å². The summed E-state index contributed by atoms with van der Waals surface area (Å²) in [6, 6.07) is -0.0839. The first-order valence-corrected chi connectivity index (χ1v) is 21.0. The molecule has 17 heteroatoms. The number of carbonyl (C=O) groups is 6. The van der Waals surface area contributed by atoms with Crippen LogP contribution in [-0.2, 0) is 42.9 Å². The van der Waals surface area contributed by atoms with Gasteiger partial charge in [-0.1, -0.05) is 85.9 Å². The molecular formula is C48H59N3O14. The van der Waals surface area contributed by atoms with Crippen LogP contribution in [0.2, 0.25) is 0 Å². The Kier molecular flexibility index (Phi) is 21.0. The zero-order valence-electron chi connectivity index (χ0n) is 38.0. The lowest BCUT2D eigenvalue weighted by Crippen LogP contribution is -2.52. The number of methoxy groups -OCH3 is 2. The number of aliphatic hydroxyl groups excluding tert-OH is 1. The van der Waals surface area contributed by atoms with Crippen molar-refractivity contribution in [2.75, 3.05) is 14.2 Å². The second kappa shape index (κ2) is 26.0. The van der Waals surface area contributed by atoms with E-state index in [4.69, 9.17) is 32.5 Å². The number of rotatable bonds is 14. The van der Waals surface area contributed by atoms with Crippen LogP contribution in [0.25, 0.3) is 12.2 Å². The number of fused-ring (bicyclic) bond motifs is 4. The molecule has 1 aliphatic rings. The third kappa shape index (κ3) is 14.8. The van der Waals surface area contributed by atoms with Gasteiger partial charge in [0.2, 0.25) is 17.7 Å². The molecule has 3 heterocycles. The molecule has 0 spiro atoms. The van der Waals surface area contributed by atoms with Crippen LogP contribution < -0.4 is 5.32 Å². The lowest BCUT2D eigenvalue weighted by atomic mass is 9.76. The van der Waals surface area contributed by atoms with E-state index < -0.39 is 65.1 Å². The third-order valence-corrected chi connectivity index (χ3v) is 10.4. The average Bonchev–Trinajstić information content (AvgIpc) is 3.98. The van der Waals surface area contributed by atoms with Gasteiger partial charge in [0.1, 0.15) is 41.7 Å². The quantitative estimate of drug-likeness (QED) is 0.111. The van der Waals surface area contributed by atoms with Crippen molar-refractivity contribution in [1.29, 1.82) is 0 Å². The molecule has 350 valence electrons. The fourth-order valence-electron chi connectivity index (χ4n) is 6.32. The number of oxazole rings is 2. The minimum Gasteiger partial charge on any atom is -0.468 e. The van der Waals surface area contributed by atoms with Crippen molar-refractivity contribution in [3.63, 3.8) is 0 Å². The smallest absolute Gasteiger partial charge is 0.360 e. The minimum atomic E-state index is -1.83. The monoisotopic (exact) mass is 901 g/mol. The number of nitrogens with one attached hydrogen (secondary N) is 1. The maximum Gasteiger partial charge on any atom is 0.360 e. The van der Waals surface area contributed by atoms with Crippen molar-refractivity contribution in [2.24, 2.45) is 10.8 Å². The van der Waals surface area contributed by atoms with E-state index in [1.807, 2.05) is 13.8 Å². The molecule has 17 nitrogen and oxygen atoms in total. The number of nitrogens with zero attached hydrogens (tertiary/aromatic N) is 2. The molecule has 3 rings (SSSR count). The number of aliphatic hydroxyl groups is 1.